The van der Waals surface area contributed by atoms with Crippen molar-refractivity contribution < 1.29 is 19.1 Å². The number of hydrogen-bond acceptors (Lipinski definition) is 6. The van der Waals surface area contributed by atoms with Crippen LogP contribution in [0.4, 0.5) is 22.7 Å². The fourth-order valence-electron chi connectivity index (χ4n) is 19.4. The molecule has 2 amide bonds. The van der Waals surface area contributed by atoms with Crippen LogP contribution in [0.2, 0.25) is 0 Å². The van der Waals surface area contributed by atoms with Gasteiger partial charge in [-0.2, -0.15) is 0 Å². The highest BCUT2D eigenvalue weighted by Crippen LogP contribution is 2.59. The Kier molecular flexibility index (Phi) is 22.6. The minimum absolute atomic E-state index is 0.110. The van der Waals surface area contributed by atoms with E-state index in [-0.39, 0.29) is 11.8 Å². The van der Waals surface area contributed by atoms with E-state index in [2.05, 4.69) is 244 Å². The number of rotatable bonds is 25. The minimum Gasteiger partial charge on any atom is -0.497 e. The molecule has 8 nitrogen and oxygen atoms in total. The smallest absolute Gasteiger partial charge is 0.255 e. The highest BCUT2D eigenvalue weighted by molar-refractivity contribution is 6.11. The number of unbranched alkanes of at least 4 members (excludes halogenated alkanes) is 5. The first kappa shape index (κ1) is 75.6. The third-order valence-electron chi connectivity index (χ3n) is 26.1. The van der Waals surface area contributed by atoms with Crippen LogP contribution < -0.4 is 29.9 Å². The Bertz CT molecular complexity index is 5150. The Morgan fingerprint density at radius 2 is 0.964 bits per heavy atom. The third-order valence-corrected chi connectivity index (χ3v) is 26.1. The first-order valence-corrected chi connectivity index (χ1v) is 42.4. The van der Waals surface area contributed by atoms with Gasteiger partial charge in [-0.1, -0.05) is 220 Å². The topological polar surface area (TPSA) is 83.1 Å². The van der Waals surface area contributed by atoms with E-state index in [9.17, 15) is 9.59 Å². The maximum Gasteiger partial charge on any atom is 0.255 e. The predicted octanol–water partition coefficient (Wildman–Crippen LogP) is 26.7. The average molecular weight is 1480 g/mol. The largest absolute Gasteiger partial charge is 0.497 e. The van der Waals surface area contributed by atoms with Crippen molar-refractivity contribution in [2.45, 2.75) is 186 Å². The van der Waals surface area contributed by atoms with Gasteiger partial charge in [0, 0.05) is 87.5 Å². The van der Waals surface area contributed by atoms with Gasteiger partial charge in [-0.3, -0.25) is 9.59 Å². The molecular weight excluding hydrogens is 1370 g/mol. The highest BCUT2D eigenvalue weighted by atomic mass is 16.5. The predicted molar refractivity (Wildman–Crippen MR) is 468 cm³/mol. The third kappa shape index (κ3) is 15.8. The molecule has 112 heavy (non-hydrogen) atoms. The molecule has 5 aliphatic rings. The van der Waals surface area contributed by atoms with Gasteiger partial charge in [0.2, 0.25) is 0 Å². The van der Waals surface area contributed by atoms with E-state index in [1.807, 2.05) is 54.6 Å². The van der Waals surface area contributed by atoms with Gasteiger partial charge in [-0.25, -0.2) is 0 Å². The number of benzene rings is 11. The first-order chi connectivity index (χ1) is 54.7. The monoisotopic (exact) mass is 1480 g/mol. The average Bonchev–Trinajstić information content (AvgIpc) is 1.50. The van der Waals surface area contributed by atoms with Crippen molar-refractivity contribution in [3.05, 3.63) is 292 Å². The van der Waals surface area contributed by atoms with Crippen LogP contribution in [0.25, 0.3) is 61.4 Å². The van der Waals surface area contributed by atoms with E-state index in [0.717, 1.165) is 128 Å². The molecule has 1 saturated heterocycles. The minimum atomic E-state index is -1.01. The zero-order valence-electron chi connectivity index (χ0n) is 67.1. The molecule has 1 atom stereocenters. The molecule has 2 N–H and O–H groups in total. The summed E-state index contributed by atoms with van der Waals surface area (Å²) in [5.74, 6) is 4.35. The van der Waals surface area contributed by atoms with Gasteiger partial charge in [-0.15, -0.1) is 0 Å². The number of methoxy groups -OCH3 is 1. The first-order valence-electron chi connectivity index (χ1n) is 42.4. The van der Waals surface area contributed by atoms with Crippen LogP contribution >= 0.6 is 0 Å². The van der Waals surface area contributed by atoms with E-state index in [4.69, 9.17) is 9.47 Å². The number of nitrogens with zero attached hydrogens (tertiary/aromatic N) is 2. The summed E-state index contributed by atoms with van der Waals surface area (Å²) in [4.78, 5) is 33.0. The Morgan fingerprint density at radius 1 is 0.473 bits per heavy atom. The number of carbonyl (C=O) groups is 2. The molecule has 1 unspecified atom stereocenters. The van der Waals surface area contributed by atoms with Gasteiger partial charge >= 0.3 is 0 Å². The summed E-state index contributed by atoms with van der Waals surface area (Å²) in [5, 5.41) is 8.58. The summed E-state index contributed by atoms with van der Waals surface area (Å²) in [6.45, 7) is 17.5. The number of carbonyl (C=O) groups excluding carboxylic acids is 2. The summed E-state index contributed by atoms with van der Waals surface area (Å²) in [7, 11) is 1.72. The lowest BCUT2D eigenvalue weighted by atomic mass is 9.76. The van der Waals surface area contributed by atoms with Crippen molar-refractivity contribution >= 4 is 51.4 Å². The lowest BCUT2D eigenvalue weighted by Gasteiger charge is -2.39. The summed E-state index contributed by atoms with van der Waals surface area (Å²) >= 11 is 0. The zero-order chi connectivity index (χ0) is 76.9. The van der Waals surface area contributed by atoms with Crippen LogP contribution in [0.1, 0.15) is 233 Å². The second-order valence-corrected chi connectivity index (χ2v) is 33.6. The molecule has 3 aliphatic carbocycles. The number of fused-ring (bicyclic) bond motifs is 8. The SMILES string of the molecule is CCCCCC1CCC(c2ccc(C(=O)Nc3ccc(-c4ccc5c6c(c7c(c5c4)-c4cc(-c5ccc(NC(=O)c8ccc(-c9ccc(C%10CCC(CCCCC)CC%10)cc9)cc8)cc5C)ccc4C7(C)C)C=CC(c4ccc(OC)cc4)(c4ccc(N5CCN(c7ccc(CCCC)cc7)CC5)cc4)O6)cc3)cc2)CC1. The number of hydrogen-bond donors (Lipinski definition) is 2. The summed E-state index contributed by atoms with van der Waals surface area (Å²) in [6, 6.07) is 80.8. The van der Waals surface area contributed by atoms with E-state index >= 15 is 0 Å². The molecule has 11 aromatic carbocycles. The van der Waals surface area contributed by atoms with Gasteiger partial charge in [0.1, 0.15) is 11.5 Å². The number of anilines is 4. The van der Waals surface area contributed by atoms with Crippen LogP contribution in [-0.4, -0.2) is 45.1 Å². The van der Waals surface area contributed by atoms with Gasteiger partial charge in [0.15, 0.2) is 5.60 Å². The summed E-state index contributed by atoms with van der Waals surface area (Å²) in [6.07, 6.45) is 29.3. The fraction of sp³-hybridized carbons (Fsp3) is 0.346. The molecule has 0 radical (unpaired) electrons. The molecule has 16 rings (SSSR count). The van der Waals surface area contributed by atoms with Crippen molar-refractivity contribution in [3.63, 3.8) is 0 Å². The number of piperazine rings is 1. The van der Waals surface area contributed by atoms with Gasteiger partial charge in [-0.05, 0) is 287 Å². The Morgan fingerprint density at radius 3 is 1.53 bits per heavy atom. The highest BCUT2D eigenvalue weighted by Gasteiger charge is 2.45. The lowest BCUT2D eigenvalue weighted by Crippen LogP contribution is -2.46. The molecule has 8 heteroatoms. The zero-order valence-corrected chi connectivity index (χ0v) is 67.1. The molecule has 11 aromatic rings. The Balaban J connectivity index is 0.690. The molecule has 0 aromatic heterocycles. The fourth-order valence-corrected chi connectivity index (χ4v) is 19.4. The van der Waals surface area contributed by atoms with Crippen LogP contribution in [0.5, 0.6) is 11.5 Å². The Labute approximate surface area is 666 Å². The maximum absolute atomic E-state index is 14.0. The molecule has 0 spiro atoms. The molecule has 2 heterocycles. The number of amides is 2. The van der Waals surface area contributed by atoms with Crippen LogP contribution in [0.3, 0.4) is 0 Å². The maximum atomic E-state index is 14.0. The van der Waals surface area contributed by atoms with Gasteiger partial charge in [0.05, 0.1) is 7.11 Å². The van der Waals surface area contributed by atoms with E-state index in [0.29, 0.717) is 23.0 Å². The molecule has 572 valence electrons. The molecule has 2 aliphatic heterocycles. The summed E-state index contributed by atoms with van der Waals surface area (Å²) in [5.41, 5.74) is 23.6. The van der Waals surface area contributed by atoms with Crippen LogP contribution in [-0.2, 0) is 17.4 Å². The summed E-state index contributed by atoms with van der Waals surface area (Å²) < 4.78 is 13.8. The van der Waals surface area contributed by atoms with Crippen molar-refractivity contribution in [1.29, 1.82) is 0 Å². The molecule has 0 bridgehead atoms. The normalized spacial score (nSPS) is 19.0. The second-order valence-electron chi connectivity index (χ2n) is 33.6. The second kappa shape index (κ2) is 33.5. The van der Waals surface area contributed by atoms with E-state index < -0.39 is 11.0 Å². The number of ether oxygens (including phenoxy) is 2. The van der Waals surface area contributed by atoms with Crippen LogP contribution in [0.15, 0.2) is 231 Å². The van der Waals surface area contributed by atoms with Crippen molar-refractivity contribution in [2.24, 2.45) is 11.8 Å². The van der Waals surface area contributed by atoms with Gasteiger partial charge in [0.25, 0.3) is 11.8 Å². The van der Waals surface area contributed by atoms with Crippen LogP contribution in [0, 0.1) is 18.8 Å². The standard InChI is InChI=1S/C104H112N4O4/c1-8-11-14-17-72-19-25-74(26-20-72)76-29-31-77(32-30-76)79-35-39-82(40-36-79)102(110)106-88-51-59-92(70(4)67-88)84-44-60-97-96(69-84)98-95-68-83(80-41-49-87(50-42-80)105-101(109)81-37-33-78(34-38-81)75-27-21-73(22-28-75)18-15-12-9-2)43-58-93(95)100-94(99(98)103(97,5)6)61-62-104(112-100,86-47-56-91(111-7)57-48-86)85-45-54-90(55-46-85)108-65-63-107(64-66-108)89-52-23-71(24-53-89)16-13-10-3/h23-24,29-62,67-69,72-75H,8-22,25-28,63-66H2,1-7H3,(H,105,109)(H,106,110). The quantitative estimate of drug-likeness (QED) is 0.0555. The number of nitrogens with one attached hydrogen (secondary N) is 2. The van der Waals surface area contributed by atoms with Crippen molar-refractivity contribution in [3.8, 4) is 56.0 Å². The van der Waals surface area contributed by atoms with Crippen molar-refractivity contribution in [1.82, 2.24) is 0 Å². The van der Waals surface area contributed by atoms with E-state index in [1.54, 1.807) is 7.11 Å². The lowest BCUT2D eigenvalue weighted by molar-refractivity contribution is 0.101. The van der Waals surface area contributed by atoms with Crippen molar-refractivity contribution in [2.75, 3.05) is 53.7 Å². The number of aryl methyl sites for hydroxylation is 2. The van der Waals surface area contributed by atoms with E-state index in [1.165, 1.54) is 171 Å². The Hall–Kier alpha value is -10.4. The van der Waals surface area contributed by atoms with Gasteiger partial charge < -0.3 is 29.9 Å². The molecule has 2 saturated carbocycles. The molecule has 3 fully saturated rings. The molecular formula is C104H112N4O4.